The van der Waals surface area contributed by atoms with Crippen molar-refractivity contribution in [3.63, 3.8) is 0 Å². The van der Waals surface area contributed by atoms with Crippen LogP contribution in [0, 0.1) is 0 Å². The molecule has 23 heavy (non-hydrogen) atoms. The van der Waals surface area contributed by atoms with Gasteiger partial charge in [-0.1, -0.05) is 18.2 Å². The van der Waals surface area contributed by atoms with Crippen LogP contribution < -0.4 is 0 Å². The summed E-state index contributed by atoms with van der Waals surface area (Å²) in [4.78, 5) is -0.471. The minimum atomic E-state index is -5.30. The van der Waals surface area contributed by atoms with E-state index in [1.165, 1.54) is 32.0 Å². The molecule has 0 radical (unpaired) electrons. The zero-order valence-electron chi connectivity index (χ0n) is 12.3. The Balaban J connectivity index is 3.51. The van der Waals surface area contributed by atoms with Crippen molar-refractivity contribution in [2.75, 3.05) is 13.2 Å². The van der Waals surface area contributed by atoms with Gasteiger partial charge in [0.25, 0.3) is 10.0 Å². The maximum atomic E-state index is 13.2. The topological polar surface area (TPSA) is 82.0 Å². The molecule has 0 spiro atoms. The smallest absolute Gasteiger partial charge is 0.304 e. The Bertz CT molecular complexity index is 693. The van der Waals surface area contributed by atoms with E-state index in [-0.39, 0.29) is 13.2 Å². The fourth-order valence-corrected chi connectivity index (χ4v) is 4.49. The second-order valence-corrected chi connectivity index (χ2v) is 7.57. The largest absolute Gasteiger partial charge is 0.442 e. The van der Waals surface area contributed by atoms with Crippen molar-refractivity contribution in [3.05, 3.63) is 30.3 Å². The third-order valence-corrected chi connectivity index (χ3v) is 5.85. The monoisotopic (exact) mass is 373 g/mol. The maximum absolute atomic E-state index is 13.2. The summed E-state index contributed by atoms with van der Waals surface area (Å²) in [6.45, 7) is 1.84. The highest BCUT2D eigenvalue weighted by Crippen LogP contribution is 2.54. The Morgan fingerprint density at radius 3 is 2.00 bits per heavy atom. The second kappa shape index (κ2) is 7.57. The molecule has 1 rings (SSSR count). The standard InChI is InChI=1S/C12H15F3NO5PS/c1-3-20-22(17,21-4-2)11(12(13,14)15)16-23(18,19)10-8-6-5-7-9-10/h5-9H,3-4H2,1-2H3/b16-11+. The van der Waals surface area contributed by atoms with Gasteiger partial charge < -0.3 is 9.05 Å². The quantitative estimate of drug-likeness (QED) is 0.539. The van der Waals surface area contributed by atoms with Crippen LogP contribution in [0.15, 0.2) is 39.6 Å². The van der Waals surface area contributed by atoms with Gasteiger partial charge in [0.2, 0.25) is 5.45 Å². The number of rotatable bonds is 7. The number of alkyl halides is 3. The summed E-state index contributed by atoms with van der Waals surface area (Å²) in [7, 11) is -9.65. The van der Waals surface area contributed by atoms with Crippen molar-refractivity contribution in [2.45, 2.75) is 24.9 Å². The molecule has 0 heterocycles. The lowest BCUT2D eigenvalue weighted by atomic mass is 10.4. The van der Waals surface area contributed by atoms with Crippen LogP contribution in [0.5, 0.6) is 0 Å². The molecule has 11 heteroatoms. The van der Waals surface area contributed by atoms with E-state index in [0.717, 1.165) is 12.1 Å². The van der Waals surface area contributed by atoms with E-state index < -0.39 is 34.1 Å². The first-order valence-electron chi connectivity index (χ1n) is 6.43. The van der Waals surface area contributed by atoms with Gasteiger partial charge in [0.1, 0.15) is 0 Å². The normalized spacial score (nSPS) is 14.0. The number of hydrogen-bond acceptors (Lipinski definition) is 5. The average Bonchev–Trinajstić information content (AvgIpc) is 2.45. The van der Waals surface area contributed by atoms with Crippen LogP contribution >= 0.6 is 7.60 Å². The van der Waals surface area contributed by atoms with E-state index in [0.29, 0.717) is 0 Å². The molecule has 0 saturated heterocycles. The van der Waals surface area contributed by atoms with Crippen LogP contribution in [0.2, 0.25) is 0 Å². The highest BCUT2D eigenvalue weighted by Gasteiger charge is 2.51. The summed E-state index contributed by atoms with van der Waals surface area (Å²) in [5, 5.41) is 0. The van der Waals surface area contributed by atoms with Crippen molar-refractivity contribution in [1.29, 1.82) is 0 Å². The molecule has 0 amide bonds. The Morgan fingerprint density at radius 2 is 1.61 bits per heavy atom. The molecule has 0 aliphatic rings. The first-order chi connectivity index (χ1) is 10.6. The molecule has 0 fully saturated rings. The molecule has 0 N–H and O–H groups in total. The van der Waals surface area contributed by atoms with Crippen LogP contribution in [-0.2, 0) is 23.6 Å². The SMILES string of the molecule is CCOP(=O)(OCC)/C(=N/S(=O)(=O)c1ccccc1)C(F)(F)F. The fraction of sp³-hybridized carbons (Fsp3) is 0.417. The van der Waals surface area contributed by atoms with Gasteiger partial charge >= 0.3 is 13.8 Å². The number of halogens is 3. The molecule has 0 aliphatic carbocycles. The summed E-state index contributed by atoms with van der Waals surface area (Å²) < 4.78 is 87.7. The number of benzene rings is 1. The zero-order valence-corrected chi connectivity index (χ0v) is 14.0. The van der Waals surface area contributed by atoms with Gasteiger partial charge in [0.15, 0.2) is 0 Å². The maximum Gasteiger partial charge on any atom is 0.442 e. The summed E-state index contributed by atoms with van der Waals surface area (Å²) in [5.74, 6) is 0. The molecular weight excluding hydrogens is 358 g/mol. The Hall–Kier alpha value is -1.22. The van der Waals surface area contributed by atoms with Gasteiger partial charge in [-0.25, -0.2) is 0 Å². The molecule has 1 aromatic rings. The number of hydrogen-bond donors (Lipinski definition) is 0. The van der Waals surface area contributed by atoms with Crippen molar-refractivity contribution in [1.82, 2.24) is 0 Å². The number of nitrogens with zero attached hydrogens (tertiary/aromatic N) is 1. The van der Waals surface area contributed by atoms with Crippen LogP contribution in [0.4, 0.5) is 13.2 Å². The van der Waals surface area contributed by atoms with Crippen LogP contribution in [-0.4, -0.2) is 33.3 Å². The van der Waals surface area contributed by atoms with Gasteiger partial charge in [-0.15, -0.1) is 4.40 Å². The zero-order chi connectivity index (χ0) is 17.7. The van der Waals surface area contributed by atoms with Gasteiger partial charge in [-0.05, 0) is 26.0 Å². The van der Waals surface area contributed by atoms with E-state index in [1.807, 2.05) is 0 Å². The second-order valence-electron chi connectivity index (χ2n) is 4.03. The Morgan fingerprint density at radius 1 is 1.13 bits per heavy atom. The minimum Gasteiger partial charge on any atom is -0.304 e. The molecule has 1 aromatic carbocycles. The first kappa shape index (κ1) is 19.8. The van der Waals surface area contributed by atoms with Gasteiger partial charge in [-0.2, -0.15) is 21.6 Å². The number of sulfonamides is 1. The van der Waals surface area contributed by atoms with Gasteiger partial charge in [0.05, 0.1) is 18.1 Å². The summed E-state index contributed by atoms with van der Waals surface area (Å²) >= 11 is 0. The Kier molecular flexibility index (Phi) is 6.52. The van der Waals surface area contributed by atoms with Crippen LogP contribution in [0.1, 0.15) is 13.8 Å². The highest BCUT2D eigenvalue weighted by molar-refractivity contribution is 7.91. The average molecular weight is 373 g/mol. The van der Waals surface area contributed by atoms with E-state index in [9.17, 15) is 26.2 Å². The summed E-state index contributed by atoms with van der Waals surface area (Å²) in [6.07, 6.45) is -5.30. The molecule has 0 saturated carbocycles. The first-order valence-corrected chi connectivity index (χ1v) is 9.42. The van der Waals surface area contributed by atoms with E-state index in [1.54, 1.807) is 0 Å². The molecule has 130 valence electrons. The van der Waals surface area contributed by atoms with Crippen molar-refractivity contribution >= 4 is 23.1 Å². The third kappa shape index (κ3) is 5.13. The molecule has 0 bridgehead atoms. The molecule has 0 aliphatic heterocycles. The van der Waals surface area contributed by atoms with Crippen molar-refractivity contribution < 1.29 is 35.2 Å². The Labute approximate surface area is 131 Å². The third-order valence-electron chi connectivity index (χ3n) is 2.36. The highest BCUT2D eigenvalue weighted by atomic mass is 32.2. The van der Waals surface area contributed by atoms with E-state index in [4.69, 9.17) is 0 Å². The van der Waals surface area contributed by atoms with Crippen LogP contribution in [0.25, 0.3) is 0 Å². The summed E-state index contributed by atoms with van der Waals surface area (Å²) in [5.41, 5.74) is -2.10. The lowest BCUT2D eigenvalue weighted by Gasteiger charge is -2.20. The van der Waals surface area contributed by atoms with Crippen molar-refractivity contribution in [2.24, 2.45) is 4.40 Å². The predicted molar refractivity (Wildman–Crippen MR) is 78.0 cm³/mol. The molecule has 0 unspecified atom stereocenters. The lowest BCUT2D eigenvalue weighted by molar-refractivity contribution is -0.0571. The van der Waals surface area contributed by atoms with Gasteiger partial charge in [0, 0.05) is 0 Å². The minimum absolute atomic E-state index is 0.377. The van der Waals surface area contributed by atoms with E-state index >= 15 is 0 Å². The fourth-order valence-electron chi connectivity index (χ4n) is 1.52. The van der Waals surface area contributed by atoms with Crippen molar-refractivity contribution in [3.8, 4) is 0 Å². The van der Waals surface area contributed by atoms with E-state index in [2.05, 4.69) is 13.4 Å². The lowest BCUT2D eigenvalue weighted by Crippen LogP contribution is -2.26. The molecule has 0 atom stereocenters. The predicted octanol–water partition coefficient (Wildman–Crippen LogP) is 3.60. The summed E-state index contributed by atoms with van der Waals surface area (Å²) in [6, 6.07) is 6.26. The van der Waals surface area contributed by atoms with Crippen LogP contribution in [0.3, 0.4) is 0 Å². The van der Waals surface area contributed by atoms with Gasteiger partial charge in [-0.3, -0.25) is 4.57 Å². The molecular formula is C12H15F3NO5PS. The molecule has 0 aromatic heterocycles. The molecule has 6 nitrogen and oxygen atoms in total.